The van der Waals surface area contributed by atoms with Crippen LogP contribution in [0.4, 0.5) is 0 Å². The van der Waals surface area contributed by atoms with E-state index in [1.54, 1.807) is 18.2 Å². The molecule has 3 N–H and O–H groups in total. The predicted molar refractivity (Wildman–Crippen MR) is 56.7 cm³/mol. The Morgan fingerprint density at radius 1 is 1.06 bits per heavy atom. The monoisotopic (exact) mass is 231 g/mol. The van der Waals surface area contributed by atoms with Crippen LogP contribution in [0.3, 0.4) is 0 Å². The van der Waals surface area contributed by atoms with E-state index >= 15 is 0 Å². The van der Waals surface area contributed by atoms with Gasteiger partial charge in [0.1, 0.15) is 0 Å². The minimum atomic E-state index is -0.360. The molecule has 0 radical (unpaired) electrons. The van der Waals surface area contributed by atoms with Crippen molar-refractivity contribution in [3.05, 3.63) is 45.2 Å². The third-order valence-corrected chi connectivity index (χ3v) is 2.40. The van der Waals surface area contributed by atoms with Crippen molar-refractivity contribution in [3.63, 3.8) is 0 Å². The molecule has 0 saturated carbocycles. The molecule has 8 nitrogen and oxygen atoms in total. The maximum atomic E-state index is 11.6. The van der Waals surface area contributed by atoms with Crippen molar-refractivity contribution in [2.45, 2.75) is 0 Å². The van der Waals surface area contributed by atoms with Crippen LogP contribution in [0.5, 0.6) is 0 Å². The lowest BCUT2D eigenvalue weighted by atomic mass is 10.2. The van der Waals surface area contributed by atoms with Crippen LogP contribution in [-0.2, 0) is 0 Å². The molecule has 3 aromatic rings. The van der Waals surface area contributed by atoms with Crippen molar-refractivity contribution in [3.8, 4) is 5.69 Å². The highest BCUT2D eigenvalue weighted by Crippen LogP contribution is 2.06. The molecule has 84 valence electrons. The average Bonchev–Trinajstić information content (AvgIpc) is 2.87. The Morgan fingerprint density at radius 2 is 1.82 bits per heavy atom. The summed E-state index contributed by atoms with van der Waals surface area (Å²) in [7, 11) is 0. The molecule has 0 aliphatic rings. The smallest absolute Gasteiger partial charge is 0.267 e. The van der Waals surface area contributed by atoms with Crippen molar-refractivity contribution in [2.24, 2.45) is 0 Å². The summed E-state index contributed by atoms with van der Waals surface area (Å²) in [4.78, 5) is 24.4. The highest BCUT2D eigenvalue weighted by Gasteiger charge is 2.09. The highest BCUT2D eigenvalue weighted by molar-refractivity contribution is 5.81. The normalized spacial score (nSPS) is 10.8. The summed E-state index contributed by atoms with van der Waals surface area (Å²) in [5.41, 5.74) is -0.0821. The molecule has 0 saturated heterocycles. The van der Waals surface area contributed by atoms with Crippen molar-refractivity contribution in [1.82, 2.24) is 25.6 Å². The number of hydrogen-bond donors (Lipinski definition) is 3. The molecule has 0 amide bonds. The van der Waals surface area contributed by atoms with Gasteiger partial charge in [0.15, 0.2) is 5.69 Å². The van der Waals surface area contributed by atoms with Crippen molar-refractivity contribution >= 4 is 10.8 Å². The number of fused-ring (bicyclic) bond motifs is 1. The largest absolute Gasteiger partial charge is 0.297 e. The number of aromatic amines is 3. The van der Waals surface area contributed by atoms with Crippen LogP contribution in [0.2, 0.25) is 0 Å². The van der Waals surface area contributed by atoms with Gasteiger partial charge in [-0.05, 0) is 27.2 Å². The quantitative estimate of drug-likeness (QED) is 0.448. The standard InChI is InChI=1S/C9H6N6O2/c16-8-6-2-1-5(15-11-4-10-14-15)3-7(6)9(17)13-12-8/h1-4H,(H2,10,11,12,13,14,16,17)/p+1. The fraction of sp³-hybridized carbons (Fsp3) is 0. The number of aromatic nitrogens is 6. The number of tetrazole rings is 1. The number of hydrogen-bond acceptors (Lipinski definition) is 4. The molecule has 0 unspecified atom stereocenters. The minimum absolute atomic E-state index is 0.301. The van der Waals surface area contributed by atoms with Crippen molar-refractivity contribution in [2.75, 3.05) is 0 Å². The van der Waals surface area contributed by atoms with E-state index < -0.39 is 0 Å². The van der Waals surface area contributed by atoms with Gasteiger partial charge in [0, 0.05) is 6.07 Å². The zero-order chi connectivity index (χ0) is 11.8. The fourth-order valence-electron chi connectivity index (χ4n) is 1.61. The first-order valence-corrected chi connectivity index (χ1v) is 4.78. The lowest BCUT2D eigenvalue weighted by Crippen LogP contribution is -2.36. The van der Waals surface area contributed by atoms with Gasteiger partial charge in [0.05, 0.1) is 15.9 Å². The summed E-state index contributed by atoms with van der Waals surface area (Å²) in [6, 6.07) is 4.80. The SMILES string of the molecule is O=c1[nH][nH]c(=O)c2cc(-[n+]3ncn[nH]3)ccc12. The van der Waals surface area contributed by atoms with Gasteiger partial charge in [-0.1, -0.05) is 0 Å². The Balaban J connectivity index is 2.37. The second-order valence-corrected chi connectivity index (χ2v) is 3.41. The maximum Gasteiger partial charge on any atom is 0.297 e. The first kappa shape index (κ1) is 9.46. The fourth-order valence-corrected chi connectivity index (χ4v) is 1.61. The number of rotatable bonds is 1. The molecule has 2 aromatic heterocycles. The first-order chi connectivity index (χ1) is 8.25. The second kappa shape index (κ2) is 3.37. The van der Waals surface area contributed by atoms with Crippen LogP contribution in [0.15, 0.2) is 34.1 Å². The topological polar surface area (TPSA) is 111 Å². The molecule has 2 heterocycles. The highest BCUT2D eigenvalue weighted by atomic mass is 16.1. The Morgan fingerprint density at radius 3 is 2.53 bits per heavy atom. The van der Waals surface area contributed by atoms with Gasteiger partial charge in [-0.2, -0.15) is 0 Å². The summed E-state index contributed by atoms with van der Waals surface area (Å²) >= 11 is 0. The molecule has 8 heteroatoms. The van der Waals surface area contributed by atoms with E-state index in [0.717, 1.165) is 0 Å². The second-order valence-electron chi connectivity index (χ2n) is 3.41. The van der Waals surface area contributed by atoms with Crippen LogP contribution in [0, 0.1) is 0 Å². The van der Waals surface area contributed by atoms with E-state index in [1.807, 2.05) is 0 Å². The summed E-state index contributed by atoms with van der Waals surface area (Å²) in [5, 5.41) is 15.4. The Hall–Kier alpha value is -2.77. The summed E-state index contributed by atoms with van der Waals surface area (Å²) in [6.07, 6.45) is 1.34. The Kier molecular flexibility index (Phi) is 1.87. The van der Waals surface area contributed by atoms with E-state index in [-0.39, 0.29) is 11.1 Å². The van der Waals surface area contributed by atoms with E-state index in [2.05, 4.69) is 25.6 Å². The van der Waals surface area contributed by atoms with Crippen LogP contribution in [-0.4, -0.2) is 25.6 Å². The van der Waals surface area contributed by atoms with E-state index in [1.165, 1.54) is 11.1 Å². The summed E-state index contributed by atoms with van der Waals surface area (Å²) in [5.74, 6) is 0. The molecule has 17 heavy (non-hydrogen) atoms. The third kappa shape index (κ3) is 1.42. The molecule has 1 aromatic carbocycles. The van der Waals surface area contributed by atoms with Gasteiger partial charge < -0.3 is 0 Å². The predicted octanol–water partition coefficient (Wildman–Crippen LogP) is -1.39. The van der Waals surface area contributed by atoms with Crippen molar-refractivity contribution < 1.29 is 4.80 Å². The number of H-pyrrole nitrogens is 3. The van der Waals surface area contributed by atoms with Crippen LogP contribution >= 0.6 is 0 Å². The van der Waals surface area contributed by atoms with Crippen LogP contribution in [0.25, 0.3) is 16.5 Å². The van der Waals surface area contributed by atoms with Gasteiger partial charge in [-0.3, -0.25) is 19.8 Å². The third-order valence-electron chi connectivity index (χ3n) is 2.40. The van der Waals surface area contributed by atoms with Gasteiger partial charge in [0.25, 0.3) is 17.4 Å². The van der Waals surface area contributed by atoms with Gasteiger partial charge in [-0.25, -0.2) is 0 Å². The number of nitrogens with zero attached hydrogens (tertiary/aromatic N) is 3. The molecule has 0 spiro atoms. The van der Waals surface area contributed by atoms with Crippen molar-refractivity contribution in [1.29, 1.82) is 0 Å². The molecular formula is C9H7N6O2+. The van der Waals surface area contributed by atoms with Gasteiger partial charge >= 0.3 is 0 Å². The summed E-state index contributed by atoms with van der Waals surface area (Å²) in [6.45, 7) is 0. The number of nitrogens with one attached hydrogen (secondary N) is 3. The van der Waals surface area contributed by atoms with E-state index in [4.69, 9.17) is 0 Å². The molecular weight excluding hydrogens is 224 g/mol. The molecule has 0 fully saturated rings. The molecule has 0 aliphatic heterocycles. The first-order valence-electron chi connectivity index (χ1n) is 4.78. The van der Waals surface area contributed by atoms with Gasteiger partial charge in [0.2, 0.25) is 0 Å². The van der Waals surface area contributed by atoms with Gasteiger partial charge in [-0.15, -0.1) is 0 Å². The zero-order valence-corrected chi connectivity index (χ0v) is 8.47. The average molecular weight is 231 g/mol. The molecule has 0 atom stereocenters. The molecule has 0 aliphatic carbocycles. The number of benzene rings is 1. The molecule has 0 bridgehead atoms. The molecule has 3 rings (SSSR count). The minimum Gasteiger partial charge on any atom is -0.267 e. The van der Waals surface area contributed by atoms with E-state index in [9.17, 15) is 9.59 Å². The van der Waals surface area contributed by atoms with Crippen LogP contribution in [0.1, 0.15) is 0 Å². The zero-order valence-electron chi connectivity index (χ0n) is 8.47. The Labute approximate surface area is 92.9 Å². The van der Waals surface area contributed by atoms with Crippen LogP contribution < -0.4 is 15.9 Å². The summed E-state index contributed by atoms with van der Waals surface area (Å²) < 4.78 is 0. The van der Waals surface area contributed by atoms with E-state index in [0.29, 0.717) is 16.5 Å². The lowest BCUT2D eigenvalue weighted by Gasteiger charge is -1.96. The lowest BCUT2D eigenvalue weighted by molar-refractivity contribution is -0.716. The Bertz CT molecular complexity index is 785. The maximum absolute atomic E-state index is 11.6.